The third-order valence-corrected chi connectivity index (χ3v) is 4.55. The smallest absolute Gasteiger partial charge is 0.294 e. The first-order valence-electron chi connectivity index (χ1n) is 7.83. The minimum absolute atomic E-state index is 0.0653. The zero-order chi connectivity index (χ0) is 18.7. The maximum atomic E-state index is 12.4. The number of aromatic hydroxyl groups is 1. The van der Waals surface area contributed by atoms with Crippen LogP contribution in [0, 0.1) is 6.92 Å². The van der Waals surface area contributed by atoms with Gasteiger partial charge in [-0.05, 0) is 60.2 Å². The molecule has 0 atom stereocenters. The highest BCUT2D eigenvalue weighted by atomic mass is 32.2. The van der Waals surface area contributed by atoms with Crippen LogP contribution >= 0.6 is 11.8 Å². The van der Waals surface area contributed by atoms with Crippen LogP contribution in [0.25, 0.3) is 6.08 Å². The molecule has 7 heteroatoms. The van der Waals surface area contributed by atoms with E-state index in [-0.39, 0.29) is 17.2 Å². The fraction of sp³-hybridized carbons (Fsp3) is 0.105. The van der Waals surface area contributed by atoms with Crippen molar-refractivity contribution in [2.24, 2.45) is 0 Å². The second-order valence-corrected chi connectivity index (χ2v) is 6.77. The Morgan fingerprint density at radius 1 is 1.19 bits per heavy atom. The fourth-order valence-electron chi connectivity index (χ4n) is 2.47. The number of imide groups is 1. The van der Waals surface area contributed by atoms with Crippen LogP contribution in [0.15, 0.2) is 53.4 Å². The fourth-order valence-corrected chi connectivity index (χ4v) is 3.31. The Labute approximate surface area is 154 Å². The Morgan fingerprint density at radius 3 is 2.69 bits per heavy atom. The number of phenols is 1. The number of anilines is 1. The average molecular weight is 368 g/mol. The van der Waals surface area contributed by atoms with Gasteiger partial charge in [0.25, 0.3) is 11.1 Å². The molecule has 1 fully saturated rings. The van der Waals surface area contributed by atoms with E-state index in [0.29, 0.717) is 11.3 Å². The second-order valence-electron chi connectivity index (χ2n) is 5.78. The van der Waals surface area contributed by atoms with Crippen molar-refractivity contribution in [3.8, 4) is 5.75 Å². The SMILES string of the molecule is Cc1cccc(NC(=O)CN2C(=O)S/C(=C\c3cccc(O)c3)C2=O)c1. The highest BCUT2D eigenvalue weighted by Crippen LogP contribution is 2.32. The van der Waals surface area contributed by atoms with Crippen molar-refractivity contribution >= 4 is 40.6 Å². The molecule has 0 radical (unpaired) electrons. The molecular weight excluding hydrogens is 352 g/mol. The third kappa shape index (κ3) is 4.12. The number of carbonyl (C=O) groups excluding carboxylic acids is 3. The van der Waals surface area contributed by atoms with E-state index >= 15 is 0 Å². The number of hydrogen-bond donors (Lipinski definition) is 2. The van der Waals surface area contributed by atoms with Gasteiger partial charge >= 0.3 is 0 Å². The van der Waals surface area contributed by atoms with E-state index in [1.54, 1.807) is 24.3 Å². The van der Waals surface area contributed by atoms with Crippen LogP contribution in [-0.2, 0) is 9.59 Å². The first kappa shape index (κ1) is 17.8. The molecule has 1 aliphatic heterocycles. The van der Waals surface area contributed by atoms with Crippen molar-refractivity contribution in [3.63, 3.8) is 0 Å². The predicted octanol–water partition coefficient (Wildman–Crippen LogP) is 3.38. The van der Waals surface area contributed by atoms with Crippen molar-refractivity contribution in [1.29, 1.82) is 0 Å². The van der Waals surface area contributed by atoms with Gasteiger partial charge in [-0.25, -0.2) is 0 Å². The Balaban J connectivity index is 1.70. The second kappa shape index (κ2) is 7.45. The van der Waals surface area contributed by atoms with Gasteiger partial charge < -0.3 is 10.4 Å². The Kier molecular flexibility index (Phi) is 5.09. The average Bonchev–Trinajstić information content (AvgIpc) is 2.82. The largest absolute Gasteiger partial charge is 0.508 e. The summed E-state index contributed by atoms with van der Waals surface area (Å²) in [6.07, 6.45) is 1.52. The molecule has 2 aromatic rings. The summed E-state index contributed by atoms with van der Waals surface area (Å²) in [5.74, 6) is -0.908. The van der Waals surface area contributed by atoms with Crippen LogP contribution in [0.5, 0.6) is 5.75 Å². The van der Waals surface area contributed by atoms with Gasteiger partial charge in [0.05, 0.1) is 4.91 Å². The molecule has 1 heterocycles. The Morgan fingerprint density at radius 2 is 1.96 bits per heavy atom. The molecule has 3 amide bonds. The van der Waals surface area contributed by atoms with Crippen molar-refractivity contribution in [3.05, 3.63) is 64.6 Å². The first-order chi connectivity index (χ1) is 12.4. The van der Waals surface area contributed by atoms with Crippen LogP contribution in [0.3, 0.4) is 0 Å². The first-order valence-corrected chi connectivity index (χ1v) is 8.65. The molecule has 6 nitrogen and oxygen atoms in total. The van der Waals surface area contributed by atoms with Crippen molar-refractivity contribution in [2.75, 3.05) is 11.9 Å². The van der Waals surface area contributed by atoms with E-state index in [9.17, 15) is 19.5 Å². The quantitative estimate of drug-likeness (QED) is 0.808. The summed E-state index contributed by atoms with van der Waals surface area (Å²) in [6.45, 7) is 1.55. The number of amides is 3. The van der Waals surface area contributed by atoms with E-state index in [1.807, 2.05) is 19.1 Å². The topological polar surface area (TPSA) is 86.7 Å². The van der Waals surface area contributed by atoms with Gasteiger partial charge in [0.2, 0.25) is 5.91 Å². The zero-order valence-electron chi connectivity index (χ0n) is 13.9. The number of aryl methyl sites for hydroxylation is 1. The Bertz CT molecular complexity index is 923. The lowest BCUT2D eigenvalue weighted by Gasteiger charge is -2.12. The summed E-state index contributed by atoms with van der Waals surface area (Å²) in [7, 11) is 0. The van der Waals surface area contributed by atoms with E-state index in [2.05, 4.69) is 5.32 Å². The van der Waals surface area contributed by atoms with Crippen LogP contribution in [0.4, 0.5) is 10.5 Å². The molecule has 0 unspecified atom stereocenters. The molecule has 0 spiro atoms. The summed E-state index contributed by atoms with van der Waals surface area (Å²) in [5.41, 5.74) is 2.19. The van der Waals surface area contributed by atoms with Gasteiger partial charge in [0.15, 0.2) is 0 Å². The third-order valence-electron chi connectivity index (χ3n) is 3.65. The number of thioether (sulfide) groups is 1. The van der Waals surface area contributed by atoms with Gasteiger partial charge in [-0.2, -0.15) is 0 Å². The molecule has 0 bridgehead atoms. The van der Waals surface area contributed by atoms with E-state index in [1.165, 1.54) is 18.2 Å². The van der Waals surface area contributed by atoms with E-state index in [0.717, 1.165) is 22.2 Å². The lowest BCUT2D eigenvalue weighted by molar-refractivity contribution is -0.127. The number of benzene rings is 2. The molecular formula is C19H16N2O4S. The zero-order valence-corrected chi connectivity index (χ0v) is 14.7. The number of phenolic OH excluding ortho intramolecular Hbond substituents is 1. The summed E-state index contributed by atoms with van der Waals surface area (Å²) in [6, 6.07) is 13.6. The number of carbonyl (C=O) groups is 3. The van der Waals surface area contributed by atoms with E-state index < -0.39 is 17.1 Å². The summed E-state index contributed by atoms with van der Waals surface area (Å²) < 4.78 is 0. The highest BCUT2D eigenvalue weighted by molar-refractivity contribution is 8.18. The molecule has 0 aliphatic carbocycles. The van der Waals surface area contributed by atoms with Crippen molar-refractivity contribution in [2.45, 2.75) is 6.92 Å². The molecule has 2 N–H and O–H groups in total. The molecule has 26 heavy (non-hydrogen) atoms. The minimum Gasteiger partial charge on any atom is -0.508 e. The Hall–Kier alpha value is -3.06. The van der Waals surface area contributed by atoms with Crippen molar-refractivity contribution in [1.82, 2.24) is 4.90 Å². The maximum Gasteiger partial charge on any atom is 0.294 e. The molecule has 132 valence electrons. The van der Waals surface area contributed by atoms with Gasteiger partial charge in [-0.15, -0.1) is 0 Å². The standard InChI is InChI=1S/C19H16N2O4S/c1-12-4-2-6-14(8-12)20-17(23)11-21-18(24)16(26-19(21)25)10-13-5-3-7-15(22)9-13/h2-10,22H,11H2,1H3,(H,20,23)/b16-10-. The molecule has 0 saturated carbocycles. The van der Waals surface area contributed by atoms with Gasteiger partial charge in [0.1, 0.15) is 12.3 Å². The van der Waals surface area contributed by atoms with Crippen LogP contribution in [0.1, 0.15) is 11.1 Å². The number of nitrogens with one attached hydrogen (secondary N) is 1. The van der Waals surface area contributed by atoms with E-state index in [4.69, 9.17) is 0 Å². The van der Waals surface area contributed by atoms with Gasteiger partial charge in [-0.3, -0.25) is 19.3 Å². The van der Waals surface area contributed by atoms with Crippen LogP contribution in [0.2, 0.25) is 0 Å². The van der Waals surface area contributed by atoms with Crippen molar-refractivity contribution < 1.29 is 19.5 Å². The van der Waals surface area contributed by atoms with Gasteiger partial charge in [0, 0.05) is 5.69 Å². The monoisotopic (exact) mass is 368 g/mol. The minimum atomic E-state index is -0.525. The van der Waals surface area contributed by atoms with Gasteiger partial charge in [-0.1, -0.05) is 24.3 Å². The number of rotatable bonds is 4. The summed E-state index contributed by atoms with van der Waals surface area (Å²) in [5, 5.41) is 11.7. The number of hydrogen-bond acceptors (Lipinski definition) is 5. The predicted molar refractivity (Wildman–Crippen MR) is 101 cm³/mol. The molecule has 1 aliphatic rings. The lowest BCUT2D eigenvalue weighted by atomic mass is 10.2. The summed E-state index contributed by atoms with van der Waals surface area (Å²) >= 11 is 0.770. The summed E-state index contributed by atoms with van der Waals surface area (Å²) in [4.78, 5) is 37.8. The molecule has 3 rings (SSSR count). The highest BCUT2D eigenvalue weighted by Gasteiger charge is 2.36. The maximum absolute atomic E-state index is 12.4. The molecule has 0 aromatic heterocycles. The molecule has 1 saturated heterocycles. The van der Waals surface area contributed by atoms with Crippen LogP contribution in [-0.4, -0.2) is 33.6 Å². The molecule has 2 aromatic carbocycles. The normalized spacial score (nSPS) is 15.6. The lowest BCUT2D eigenvalue weighted by Crippen LogP contribution is -2.36. The van der Waals surface area contributed by atoms with Crippen LogP contribution < -0.4 is 5.32 Å². The number of nitrogens with zero attached hydrogens (tertiary/aromatic N) is 1.